The molecule has 27 heavy (non-hydrogen) atoms. The predicted octanol–water partition coefficient (Wildman–Crippen LogP) is 3.04. The second-order valence-electron chi connectivity index (χ2n) is 6.89. The third-order valence-corrected chi connectivity index (χ3v) is 4.89. The van der Waals surface area contributed by atoms with Gasteiger partial charge in [-0.3, -0.25) is 9.88 Å². The van der Waals surface area contributed by atoms with Crippen molar-refractivity contribution in [3.05, 3.63) is 72.3 Å². The average Bonchev–Trinajstić information content (AvgIpc) is 3.15. The van der Waals surface area contributed by atoms with Gasteiger partial charge in [-0.1, -0.05) is 24.3 Å². The Morgan fingerprint density at radius 3 is 2.56 bits per heavy atom. The molecule has 1 aliphatic heterocycles. The highest BCUT2D eigenvalue weighted by atomic mass is 16.2. The van der Waals surface area contributed by atoms with Crippen molar-refractivity contribution in [1.82, 2.24) is 24.6 Å². The summed E-state index contributed by atoms with van der Waals surface area (Å²) in [5.74, 6) is 0. The van der Waals surface area contributed by atoms with Gasteiger partial charge >= 0.3 is 6.03 Å². The molecule has 6 heteroatoms. The van der Waals surface area contributed by atoms with Crippen LogP contribution in [0.4, 0.5) is 4.79 Å². The molecule has 1 aromatic carbocycles. The number of rotatable bonds is 3. The molecule has 3 aromatic rings. The number of aromatic nitrogens is 3. The van der Waals surface area contributed by atoms with Gasteiger partial charge in [0.15, 0.2) is 0 Å². The number of nitrogens with zero attached hydrogens (tertiary/aromatic N) is 5. The van der Waals surface area contributed by atoms with E-state index in [1.54, 1.807) is 12.4 Å². The number of hydrogen-bond acceptors (Lipinski definition) is 4. The minimum Gasteiger partial charge on any atom is -0.320 e. The lowest BCUT2D eigenvalue weighted by atomic mass is 10.0. The lowest BCUT2D eigenvalue weighted by Crippen LogP contribution is -2.49. The predicted molar refractivity (Wildman–Crippen MR) is 104 cm³/mol. The third-order valence-electron chi connectivity index (χ3n) is 4.89. The second-order valence-corrected chi connectivity index (χ2v) is 6.89. The van der Waals surface area contributed by atoms with Crippen molar-refractivity contribution in [1.29, 1.82) is 0 Å². The molecule has 1 saturated heterocycles. The van der Waals surface area contributed by atoms with E-state index < -0.39 is 0 Å². The number of carbonyl (C=O) groups excluding carboxylic acids is 1. The minimum atomic E-state index is -0.0404. The zero-order valence-electron chi connectivity index (χ0n) is 15.5. The number of benzene rings is 1. The summed E-state index contributed by atoms with van der Waals surface area (Å²) in [5.41, 5.74) is 4.45. The van der Waals surface area contributed by atoms with Gasteiger partial charge in [-0.25, -0.2) is 4.79 Å². The Kier molecular flexibility index (Phi) is 4.98. The van der Waals surface area contributed by atoms with Crippen LogP contribution in [0.2, 0.25) is 0 Å². The van der Waals surface area contributed by atoms with E-state index in [9.17, 15) is 4.79 Å². The van der Waals surface area contributed by atoms with Crippen LogP contribution in [0.1, 0.15) is 11.3 Å². The van der Waals surface area contributed by atoms with Gasteiger partial charge in [-0.05, 0) is 41.8 Å². The molecule has 0 bridgehead atoms. The van der Waals surface area contributed by atoms with Crippen LogP contribution >= 0.6 is 0 Å². The maximum atomic E-state index is 12.5. The van der Waals surface area contributed by atoms with Crippen LogP contribution in [0.15, 0.2) is 61.1 Å². The summed E-state index contributed by atoms with van der Waals surface area (Å²) in [7, 11) is 0. The first-order valence-corrected chi connectivity index (χ1v) is 9.22. The van der Waals surface area contributed by atoms with Crippen LogP contribution in [-0.2, 0) is 6.54 Å². The van der Waals surface area contributed by atoms with Gasteiger partial charge in [-0.2, -0.15) is 9.78 Å². The van der Waals surface area contributed by atoms with E-state index >= 15 is 0 Å². The van der Waals surface area contributed by atoms with Crippen LogP contribution in [-0.4, -0.2) is 56.8 Å². The largest absolute Gasteiger partial charge is 0.344 e. The number of hydrogen-bond donors (Lipinski definition) is 0. The van der Waals surface area contributed by atoms with Crippen molar-refractivity contribution in [3.8, 4) is 11.1 Å². The zero-order valence-corrected chi connectivity index (χ0v) is 15.5. The maximum Gasteiger partial charge on any atom is 0.344 e. The number of piperazine rings is 1. The van der Waals surface area contributed by atoms with Gasteiger partial charge in [0, 0.05) is 51.3 Å². The Bertz CT molecular complexity index is 913. The lowest BCUT2D eigenvalue weighted by molar-refractivity contribution is 0.134. The highest BCUT2D eigenvalue weighted by Gasteiger charge is 2.22. The van der Waals surface area contributed by atoms with Crippen molar-refractivity contribution in [3.63, 3.8) is 0 Å². The lowest BCUT2D eigenvalue weighted by Gasteiger charge is -2.34. The Labute approximate surface area is 159 Å². The topological polar surface area (TPSA) is 54.3 Å². The second kappa shape index (κ2) is 7.72. The molecule has 0 N–H and O–H groups in total. The van der Waals surface area contributed by atoms with Crippen molar-refractivity contribution in [2.45, 2.75) is 13.5 Å². The summed E-state index contributed by atoms with van der Waals surface area (Å²) in [6.45, 7) is 5.95. The van der Waals surface area contributed by atoms with Gasteiger partial charge in [0.2, 0.25) is 0 Å². The Morgan fingerprint density at radius 2 is 1.85 bits per heavy atom. The Hall–Kier alpha value is -2.99. The molecular formula is C21H23N5O. The molecule has 0 atom stereocenters. The van der Waals surface area contributed by atoms with Gasteiger partial charge in [0.25, 0.3) is 0 Å². The summed E-state index contributed by atoms with van der Waals surface area (Å²) in [6, 6.07) is 14.4. The fourth-order valence-electron chi connectivity index (χ4n) is 3.40. The summed E-state index contributed by atoms with van der Waals surface area (Å²) in [4.78, 5) is 20.9. The van der Waals surface area contributed by atoms with Crippen molar-refractivity contribution < 1.29 is 4.79 Å². The molecule has 2 aromatic heterocycles. The average molecular weight is 361 g/mol. The summed E-state index contributed by atoms with van der Waals surface area (Å²) < 4.78 is 1.43. The smallest absolute Gasteiger partial charge is 0.320 e. The van der Waals surface area contributed by atoms with Crippen molar-refractivity contribution in [2.75, 3.05) is 26.2 Å². The molecule has 6 nitrogen and oxygen atoms in total. The highest BCUT2D eigenvalue weighted by molar-refractivity contribution is 5.76. The van der Waals surface area contributed by atoms with E-state index in [4.69, 9.17) is 0 Å². The fraction of sp³-hybridized carbons (Fsp3) is 0.286. The first-order valence-electron chi connectivity index (χ1n) is 9.22. The normalized spacial score (nSPS) is 15.1. The zero-order chi connectivity index (χ0) is 18.6. The molecule has 4 rings (SSSR count). The summed E-state index contributed by atoms with van der Waals surface area (Å²) in [5, 5.41) is 4.22. The van der Waals surface area contributed by atoms with Crippen molar-refractivity contribution >= 4 is 6.03 Å². The molecule has 138 valence electrons. The number of pyridine rings is 1. The molecule has 1 aliphatic rings. The molecule has 0 aliphatic carbocycles. The van der Waals surface area contributed by atoms with E-state index in [1.807, 2.05) is 30.2 Å². The quantitative estimate of drug-likeness (QED) is 0.720. The molecule has 3 heterocycles. The van der Waals surface area contributed by atoms with Crippen LogP contribution < -0.4 is 0 Å². The Morgan fingerprint density at radius 1 is 1.04 bits per heavy atom. The van der Waals surface area contributed by atoms with E-state index in [-0.39, 0.29) is 6.03 Å². The molecule has 1 fully saturated rings. The summed E-state index contributed by atoms with van der Waals surface area (Å²) >= 11 is 0. The fourth-order valence-corrected chi connectivity index (χ4v) is 3.40. The number of amides is 1. The van der Waals surface area contributed by atoms with Gasteiger partial charge in [-0.15, -0.1) is 0 Å². The molecule has 0 radical (unpaired) electrons. The van der Waals surface area contributed by atoms with Gasteiger partial charge < -0.3 is 4.90 Å². The minimum absolute atomic E-state index is 0.0404. The van der Waals surface area contributed by atoms with E-state index in [1.165, 1.54) is 15.8 Å². The molecule has 0 unspecified atom stereocenters. The number of aryl methyl sites for hydroxylation is 1. The molecular weight excluding hydrogens is 338 g/mol. The first kappa shape index (κ1) is 17.4. The summed E-state index contributed by atoms with van der Waals surface area (Å²) in [6.07, 6.45) is 5.41. The maximum absolute atomic E-state index is 12.5. The monoisotopic (exact) mass is 361 g/mol. The SMILES string of the molecule is Cc1ccn(C(=O)N2CCN(Cc3cccc(-c4cccnc4)c3)CC2)n1. The van der Waals surface area contributed by atoms with Gasteiger partial charge in [0.1, 0.15) is 0 Å². The van der Waals surface area contributed by atoms with E-state index in [2.05, 4.69) is 45.3 Å². The molecule has 0 saturated carbocycles. The first-order chi connectivity index (χ1) is 13.2. The van der Waals surface area contributed by atoms with E-state index in [0.29, 0.717) is 0 Å². The number of carbonyl (C=O) groups is 1. The van der Waals surface area contributed by atoms with Crippen molar-refractivity contribution in [2.24, 2.45) is 0 Å². The van der Waals surface area contributed by atoms with Crippen LogP contribution in [0.25, 0.3) is 11.1 Å². The molecule has 0 spiro atoms. The van der Waals surface area contributed by atoms with E-state index in [0.717, 1.165) is 44.0 Å². The van der Waals surface area contributed by atoms with Crippen LogP contribution in [0.3, 0.4) is 0 Å². The molecule has 1 amide bonds. The van der Waals surface area contributed by atoms with Crippen LogP contribution in [0, 0.1) is 6.92 Å². The van der Waals surface area contributed by atoms with Gasteiger partial charge in [0.05, 0.1) is 5.69 Å². The highest BCUT2D eigenvalue weighted by Crippen LogP contribution is 2.20. The third kappa shape index (κ3) is 4.06. The standard InChI is InChI=1S/C21H23N5O/c1-17-7-9-26(23-17)21(27)25-12-10-24(11-13-25)16-18-4-2-5-19(14-18)20-6-3-8-22-15-20/h2-9,14-15H,10-13,16H2,1H3. The Balaban J connectivity index is 1.36. The van der Waals surface area contributed by atoms with Crippen LogP contribution in [0.5, 0.6) is 0 Å².